The second-order valence-corrected chi connectivity index (χ2v) is 8.87. The van der Waals surface area contributed by atoms with Gasteiger partial charge >= 0.3 is 5.97 Å². The fourth-order valence-corrected chi connectivity index (χ4v) is 4.85. The second-order valence-electron chi connectivity index (χ2n) is 6.94. The number of amides is 1. The van der Waals surface area contributed by atoms with Gasteiger partial charge in [-0.15, -0.1) is 0 Å². The van der Waals surface area contributed by atoms with Gasteiger partial charge in [-0.05, 0) is 61.4 Å². The first-order valence-corrected chi connectivity index (χ1v) is 10.9. The topological polar surface area (TPSA) is 102 Å². The minimum absolute atomic E-state index is 0.112. The summed E-state index contributed by atoms with van der Waals surface area (Å²) in [5.74, 6) is -0.606. The number of hydrogen-bond donors (Lipinski definition) is 1. The number of carbonyl (C=O) groups is 2. The Bertz CT molecular complexity index is 1000. The van der Waals surface area contributed by atoms with Crippen LogP contribution in [0, 0.1) is 5.92 Å². The van der Waals surface area contributed by atoms with Crippen molar-refractivity contribution < 1.29 is 27.5 Å². The van der Waals surface area contributed by atoms with Crippen molar-refractivity contribution >= 4 is 27.6 Å². The van der Waals surface area contributed by atoms with Crippen LogP contribution in [-0.2, 0) is 19.6 Å². The SMILES string of the molecule is COC(=O)c1ccc(NC(=O)C2CCCN(S(=O)(=O)c3ccc(OC)cc3)C2)cc1. The first-order valence-electron chi connectivity index (χ1n) is 9.48. The van der Waals surface area contributed by atoms with Crippen LogP contribution in [0.4, 0.5) is 5.69 Å². The van der Waals surface area contributed by atoms with Crippen molar-refractivity contribution in [2.75, 3.05) is 32.6 Å². The first kappa shape index (κ1) is 21.8. The lowest BCUT2D eigenvalue weighted by Gasteiger charge is -2.31. The zero-order chi connectivity index (χ0) is 21.7. The molecule has 1 saturated heterocycles. The zero-order valence-corrected chi connectivity index (χ0v) is 17.6. The van der Waals surface area contributed by atoms with Crippen LogP contribution in [0.25, 0.3) is 0 Å². The molecule has 0 aliphatic carbocycles. The van der Waals surface area contributed by atoms with Gasteiger partial charge in [0.05, 0.1) is 30.6 Å². The lowest BCUT2D eigenvalue weighted by molar-refractivity contribution is -0.120. The summed E-state index contributed by atoms with van der Waals surface area (Å²) >= 11 is 0. The lowest BCUT2D eigenvalue weighted by atomic mass is 9.98. The van der Waals surface area contributed by atoms with Gasteiger partial charge in [-0.1, -0.05) is 0 Å². The molecule has 1 unspecified atom stereocenters. The van der Waals surface area contributed by atoms with Crippen molar-refractivity contribution in [3.63, 3.8) is 0 Å². The van der Waals surface area contributed by atoms with Crippen LogP contribution >= 0.6 is 0 Å². The Balaban J connectivity index is 1.67. The molecule has 9 heteroatoms. The molecule has 0 aromatic heterocycles. The van der Waals surface area contributed by atoms with Crippen molar-refractivity contribution in [3.8, 4) is 5.75 Å². The molecule has 0 radical (unpaired) electrons. The van der Waals surface area contributed by atoms with Crippen molar-refractivity contribution in [1.82, 2.24) is 4.31 Å². The fraction of sp³-hybridized carbons (Fsp3) is 0.333. The molecule has 30 heavy (non-hydrogen) atoms. The Kier molecular flexibility index (Phi) is 6.73. The smallest absolute Gasteiger partial charge is 0.337 e. The maximum absolute atomic E-state index is 13.0. The van der Waals surface area contributed by atoms with E-state index in [0.29, 0.717) is 36.4 Å². The van der Waals surface area contributed by atoms with E-state index in [1.54, 1.807) is 36.4 Å². The summed E-state index contributed by atoms with van der Waals surface area (Å²) in [6, 6.07) is 12.5. The second kappa shape index (κ2) is 9.27. The van der Waals surface area contributed by atoms with E-state index in [4.69, 9.17) is 4.74 Å². The third kappa shape index (κ3) is 4.80. The van der Waals surface area contributed by atoms with Crippen LogP contribution in [0.15, 0.2) is 53.4 Å². The van der Waals surface area contributed by atoms with E-state index in [1.807, 2.05) is 0 Å². The molecule has 0 bridgehead atoms. The fourth-order valence-electron chi connectivity index (χ4n) is 3.32. The Morgan fingerprint density at radius 1 is 1.03 bits per heavy atom. The summed E-state index contributed by atoms with van der Waals surface area (Å²) in [5.41, 5.74) is 0.910. The lowest BCUT2D eigenvalue weighted by Crippen LogP contribution is -2.43. The van der Waals surface area contributed by atoms with Gasteiger partial charge in [0.1, 0.15) is 5.75 Å². The van der Waals surface area contributed by atoms with Crippen LogP contribution in [0.5, 0.6) is 5.75 Å². The summed E-state index contributed by atoms with van der Waals surface area (Å²) < 4.78 is 37.0. The summed E-state index contributed by atoms with van der Waals surface area (Å²) in [7, 11) is -0.885. The minimum Gasteiger partial charge on any atom is -0.497 e. The molecule has 8 nitrogen and oxygen atoms in total. The van der Waals surface area contributed by atoms with Crippen LogP contribution in [-0.4, -0.2) is 51.9 Å². The molecule has 1 heterocycles. The normalized spacial score (nSPS) is 17.2. The van der Waals surface area contributed by atoms with Crippen molar-refractivity contribution in [2.45, 2.75) is 17.7 Å². The predicted molar refractivity (Wildman–Crippen MR) is 111 cm³/mol. The quantitative estimate of drug-likeness (QED) is 0.704. The Morgan fingerprint density at radius 2 is 1.70 bits per heavy atom. The molecule has 2 aromatic carbocycles. The molecular weight excluding hydrogens is 408 g/mol. The number of benzene rings is 2. The van der Waals surface area contributed by atoms with E-state index in [9.17, 15) is 18.0 Å². The average molecular weight is 432 g/mol. The van der Waals surface area contributed by atoms with Gasteiger partial charge in [0.25, 0.3) is 0 Å². The highest BCUT2D eigenvalue weighted by molar-refractivity contribution is 7.89. The molecule has 1 aliphatic heterocycles. The minimum atomic E-state index is -3.70. The van der Waals surface area contributed by atoms with E-state index >= 15 is 0 Å². The van der Waals surface area contributed by atoms with Gasteiger partial charge in [0.15, 0.2) is 0 Å². The summed E-state index contributed by atoms with van der Waals surface area (Å²) in [6.45, 7) is 0.479. The van der Waals surface area contributed by atoms with Gasteiger partial charge in [-0.25, -0.2) is 13.2 Å². The van der Waals surface area contributed by atoms with Crippen LogP contribution in [0.1, 0.15) is 23.2 Å². The van der Waals surface area contributed by atoms with E-state index in [-0.39, 0.29) is 17.3 Å². The molecule has 0 spiro atoms. The molecule has 2 aromatic rings. The molecule has 0 saturated carbocycles. The number of ether oxygens (including phenoxy) is 2. The molecule has 1 atom stereocenters. The van der Waals surface area contributed by atoms with Crippen molar-refractivity contribution in [3.05, 3.63) is 54.1 Å². The standard InChI is InChI=1S/C21H24N2O6S/c1-28-18-9-11-19(12-10-18)30(26,27)23-13-3-4-16(14-23)20(24)22-17-7-5-15(6-8-17)21(25)29-2/h5-12,16H,3-4,13-14H2,1-2H3,(H,22,24). The first-order chi connectivity index (χ1) is 14.3. The molecule has 1 N–H and O–H groups in total. The Labute approximate surface area is 175 Å². The summed E-state index contributed by atoms with van der Waals surface area (Å²) in [4.78, 5) is 24.4. The Hall–Kier alpha value is -2.91. The number of anilines is 1. The number of rotatable bonds is 6. The largest absolute Gasteiger partial charge is 0.497 e. The summed E-state index contributed by atoms with van der Waals surface area (Å²) in [5, 5.41) is 2.79. The molecule has 1 amide bonds. The number of esters is 1. The van der Waals surface area contributed by atoms with Crippen LogP contribution < -0.4 is 10.1 Å². The van der Waals surface area contributed by atoms with Crippen molar-refractivity contribution in [1.29, 1.82) is 0 Å². The number of carbonyl (C=O) groups excluding carboxylic acids is 2. The maximum atomic E-state index is 13.0. The molecular formula is C21H24N2O6S. The van der Waals surface area contributed by atoms with E-state index < -0.39 is 21.9 Å². The van der Waals surface area contributed by atoms with Gasteiger partial charge in [-0.3, -0.25) is 4.79 Å². The van der Waals surface area contributed by atoms with E-state index in [1.165, 1.54) is 30.7 Å². The third-order valence-electron chi connectivity index (χ3n) is 5.03. The van der Waals surface area contributed by atoms with Crippen LogP contribution in [0.2, 0.25) is 0 Å². The monoisotopic (exact) mass is 432 g/mol. The van der Waals surface area contributed by atoms with Gasteiger partial charge in [0, 0.05) is 18.8 Å². The number of nitrogens with one attached hydrogen (secondary N) is 1. The van der Waals surface area contributed by atoms with E-state index in [2.05, 4.69) is 10.1 Å². The van der Waals surface area contributed by atoms with Crippen molar-refractivity contribution in [2.24, 2.45) is 5.92 Å². The predicted octanol–water partition coefficient (Wildman–Crippen LogP) is 2.52. The molecule has 3 rings (SSSR count). The van der Waals surface area contributed by atoms with Crippen LogP contribution in [0.3, 0.4) is 0 Å². The van der Waals surface area contributed by atoms with Gasteiger partial charge < -0.3 is 14.8 Å². The number of sulfonamides is 1. The number of hydrogen-bond acceptors (Lipinski definition) is 6. The highest BCUT2D eigenvalue weighted by atomic mass is 32.2. The summed E-state index contributed by atoms with van der Waals surface area (Å²) in [6.07, 6.45) is 1.19. The number of nitrogens with zero attached hydrogens (tertiary/aromatic N) is 1. The highest BCUT2D eigenvalue weighted by Crippen LogP contribution is 2.26. The molecule has 1 aliphatic rings. The number of piperidine rings is 1. The van der Waals surface area contributed by atoms with E-state index in [0.717, 1.165) is 0 Å². The molecule has 1 fully saturated rings. The zero-order valence-electron chi connectivity index (χ0n) is 16.8. The Morgan fingerprint density at radius 3 is 2.30 bits per heavy atom. The van der Waals surface area contributed by atoms with Gasteiger partial charge in [0.2, 0.25) is 15.9 Å². The third-order valence-corrected chi connectivity index (χ3v) is 6.91. The maximum Gasteiger partial charge on any atom is 0.337 e. The number of methoxy groups -OCH3 is 2. The van der Waals surface area contributed by atoms with Gasteiger partial charge in [-0.2, -0.15) is 4.31 Å². The molecule has 160 valence electrons. The highest BCUT2D eigenvalue weighted by Gasteiger charge is 2.33. The average Bonchev–Trinajstić information content (AvgIpc) is 2.79.